The molecule has 1 amide bonds. The van der Waals surface area contributed by atoms with Gasteiger partial charge in [0, 0.05) is 29.7 Å². The van der Waals surface area contributed by atoms with E-state index in [9.17, 15) is 17.6 Å². The SMILES string of the molecule is COc1ccc(N2CC(S(=O)(=O)Cl)CC2=O)c(F)c1. The summed E-state index contributed by atoms with van der Waals surface area (Å²) in [6.07, 6.45) is -0.239. The van der Waals surface area contributed by atoms with Crippen molar-refractivity contribution in [3.8, 4) is 5.75 Å². The largest absolute Gasteiger partial charge is 0.497 e. The smallest absolute Gasteiger partial charge is 0.237 e. The Hall–Kier alpha value is -1.34. The first-order chi connectivity index (χ1) is 8.82. The van der Waals surface area contributed by atoms with E-state index in [1.54, 1.807) is 0 Å². The molecule has 0 spiro atoms. The zero-order valence-electron chi connectivity index (χ0n) is 9.97. The molecule has 1 aliphatic rings. The van der Waals surface area contributed by atoms with Crippen LogP contribution in [-0.4, -0.2) is 33.2 Å². The minimum absolute atomic E-state index is 0.0219. The third-order valence-corrected chi connectivity index (χ3v) is 4.80. The molecule has 2 rings (SSSR count). The molecule has 0 aromatic heterocycles. The Morgan fingerprint density at radius 2 is 2.16 bits per heavy atom. The second-order valence-electron chi connectivity index (χ2n) is 4.12. The Kier molecular flexibility index (Phi) is 3.69. The van der Waals surface area contributed by atoms with E-state index in [1.807, 2.05) is 0 Å². The zero-order valence-corrected chi connectivity index (χ0v) is 11.5. The minimum Gasteiger partial charge on any atom is -0.497 e. The van der Waals surface area contributed by atoms with Gasteiger partial charge in [-0.15, -0.1) is 0 Å². The topological polar surface area (TPSA) is 63.7 Å². The van der Waals surface area contributed by atoms with Crippen LogP contribution >= 0.6 is 10.7 Å². The molecule has 1 unspecified atom stereocenters. The predicted octanol–water partition coefficient (Wildman–Crippen LogP) is 1.51. The van der Waals surface area contributed by atoms with E-state index in [0.29, 0.717) is 5.75 Å². The molecule has 8 heteroatoms. The summed E-state index contributed by atoms with van der Waals surface area (Å²) in [5.74, 6) is -0.812. The molecule has 0 N–H and O–H groups in total. The molecule has 104 valence electrons. The van der Waals surface area contributed by atoms with Crippen molar-refractivity contribution in [3.63, 3.8) is 0 Å². The molecule has 0 saturated carbocycles. The lowest BCUT2D eigenvalue weighted by atomic mass is 10.2. The van der Waals surface area contributed by atoms with E-state index in [1.165, 1.54) is 19.2 Å². The normalized spacial score (nSPS) is 19.8. The number of amides is 1. The number of carbonyl (C=O) groups is 1. The van der Waals surface area contributed by atoms with E-state index >= 15 is 0 Å². The Morgan fingerprint density at radius 3 is 2.63 bits per heavy atom. The molecule has 1 aromatic carbocycles. The zero-order chi connectivity index (χ0) is 14.2. The first kappa shape index (κ1) is 14.1. The Morgan fingerprint density at radius 1 is 1.47 bits per heavy atom. The summed E-state index contributed by atoms with van der Waals surface area (Å²) in [5.41, 5.74) is 0.0219. The van der Waals surface area contributed by atoms with Gasteiger partial charge in [-0.05, 0) is 12.1 Å². The second kappa shape index (κ2) is 4.97. The lowest BCUT2D eigenvalue weighted by molar-refractivity contribution is -0.117. The molecule has 5 nitrogen and oxygen atoms in total. The van der Waals surface area contributed by atoms with Gasteiger partial charge in [0.1, 0.15) is 11.0 Å². The Labute approximate surface area is 114 Å². The average molecular weight is 308 g/mol. The van der Waals surface area contributed by atoms with Crippen molar-refractivity contribution in [1.82, 2.24) is 0 Å². The number of rotatable bonds is 3. The maximum absolute atomic E-state index is 13.8. The number of anilines is 1. The standard InChI is InChI=1S/C11H11ClFNO4S/c1-18-7-2-3-10(9(13)4-7)14-6-8(5-11(14)15)19(12,16)17/h2-4,8H,5-6H2,1H3. The van der Waals surface area contributed by atoms with Crippen molar-refractivity contribution in [2.24, 2.45) is 0 Å². The quantitative estimate of drug-likeness (QED) is 0.794. The molecule has 19 heavy (non-hydrogen) atoms. The van der Waals surface area contributed by atoms with Crippen molar-refractivity contribution in [2.75, 3.05) is 18.6 Å². The van der Waals surface area contributed by atoms with Gasteiger partial charge in [-0.1, -0.05) is 0 Å². The predicted molar refractivity (Wildman–Crippen MR) is 68.5 cm³/mol. The maximum atomic E-state index is 13.8. The summed E-state index contributed by atoms with van der Waals surface area (Å²) in [7, 11) is 2.78. The van der Waals surface area contributed by atoms with Gasteiger partial charge in [0.15, 0.2) is 5.82 Å². The van der Waals surface area contributed by atoms with E-state index < -0.39 is 26.0 Å². The van der Waals surface area contributed by atoms with Crippen LogP contribution < -0.4 is 9.64 Å². The van der Waals surface area contributed by atoms with Crippen molar-refractivity contribution in [2.45, 2.75) is 11.7 Å². The fourth-order valence-electron chi connectivity index (χ4n) is 1.93. The van der Waals surface area contributed by atoms with Crippen LogP contribution in [0.1, 0.15) is 6.42 Å². The Balaban J connectivity index is 2.31. The third-order valence-electron chi connectivity index (χ3n) is 2.93. The molecule has 1 saturated heterocycles. The molecule has 1 aromatic rings. The highest BCUT2D eigenvalue weighted by Gasteiger charge is 2.38. The molecular formula is C11H11ClFNO4S. The number of hydrogen-bond acceptors (Lipinski definition) is 4. The molecule has 1 fully saturated rings. The fourth-order valence-corrected chi connectivity index (χ4v) is 2.96. The van der Waals surface area contributed by atoms with Gasteiger partial charge in [-0.3, -0.25) is 4.79 Å². The summed E-state index contributed by atoms with van der Waals surface area (Å²) in [6, 6.07) is 3.99. The van der Waals surface area contributed by atoms with Crippen LogP contribution in [0.2, 0.25) is 0 Å². The van der Waals surface area contributed by atoms with Gasteiger partial charge in [-0.2, -0.15) is 0 Å². The van der Waals surface area contributed by atoms with Crippen molar-refractivity contribution < 1.29 is 22.3 Å². The lowest BCUT2D eigenvalue weighted by Crippen LogP contribution is -2.27. The summed E-state index contributed by atoms with van der Waals surface area (Å²) in [5, 5.41) is -1.01. The number of methoxy groups -OCH3 is 1. The van der Waals surface area contributed by atoms with Gasteiger partial charge in [0.2, 0.25) is 15.0 Å². The van der Waals surface area contributed by atoms with Crippen LogP contribution in [-0.2, 0) is 13.8 Å². The number of halogens is 2. The molecule has 1 atom stereocenters. The van der Waals surface area contributed by atoms with E-state index in [4.69, 9.17) is 15.4 Å². The lowest BCUT2D eigenvalue weighted by Gasteiger charge is -2.17. The van der Waals surface area contributed by atoms with Gasteiger partial charge < -0.3 is 9.64 Å². The number of nitrogens with zero attached hydrogens (tertiary/aromatic N) is 1. The van der Waals surface area contributed by atoms with Gasteiger partial charge >= 0.3 is 0 Å². The van der Waals surface area contributed by atoms with Crippen LogP contribution in [0, 0.1) is 5.82 Å². The van der Waals surface area contributed by atoms with Crippen LogP contribution in [0.15, 0.2) is 18.2 Å². The van der Waals surface area contributed by atoms with Crippen molar-refractivity contribution in [3.05, 3.63) is 24.0 Å². The summed E-state index contributed by atoms with van der Waals surface area (Å²) < 4.78 is 41.1. The fraction of sp³-hybridized carbons (Fsp3) is 0.364. The third kappa shape index (κ3) is 2.82. The summed E-state index contributed by atoms with van der Waals surface area (Å²) >= 11 is 0. The highest BCUT2D eigenvalue weighted by atomic mass is 35.7. The summed E-state index contributed by atoms with van der Waals surface area (Å²) in [6.45, 7) is -0.145. The number of ether oxygens (including phenoxy) is 1. The summed E-state index contributed by atoms with van der Waals surface area (Å²) in [4.78, 5) is 12.8. The number of hydrogen-bond donors (Lipinski definition) is 0. The molecule has 0 aliphatic carbocycles. The van der Waals surface area contributed by atoms with Crippen LogP contribution in [0.25, 0.3) is 0 Å². The first-order valence-corrected chi connectivity index (χ1v) is 7.77. The van der Waals surface area contributed by atoms with E-state index in [0.717, 1.165) is 11.0 Å². The van der Waals surface area contributed by atoms with Gasteiger partial charge in [0.05, 0.1) is 12.8 Å². The average Bonchev–Trinajstić information content (AvgIpc) is 2.71. The highest BCUT2D eigenvalue weighted by molar-refractivity contribution is 8.14. The van der Waals surface area contributed by atoms with Crippen molar-refractivity contribution in [1.29, 1.82) is 0 Å². The maximum Gasteiger partial charge on any atom is 0.237 e. The van der Waals surface area contributed by atoms with E-state index in [-0.39, 0.29) is 18.7 Å². The molecule has 0 bridgehead atoms. The van der Waals surface area contributed by atoms with Gasteiger partial charge in [0.25, 0.3) is 0 Å². The van der Waals surface area contributed by atoms with Gasteiger partial charge in [-0.25, -0.2) is 12.8 Å². The second-order valence-corrected chi connectivity index (χ2v) is 7.03. The van der Waals surface area contributed by atoms with Crippen LogP contribution in [0.4, 0.5) is 10.1 Å². The van der Waals surface area contributed by atoms with E-state index in [2.05, 4.69) is 0 Å². The number of carbonyl (C=O) groups excluding carboxylic acids is 1. The minimum atomic E-state index is -3.84. The van der Waals surface area contributed by atoms with Crippen molar-refractivity contribution >= 4 is 31.3 Å². The molecule has 1 heterocycles. The number of benzene rings is 1. The van der Waals surface area contributed by atoms with Crippen LogP contribution in [0.5, 0.6) is 5.75 Å². The monoisotopic (exact) mass is 307 g/mol. The van der Waals surface area contributed by atoms with Crippen LogP contribution in [0.3, 0.4) is 0 Å². The molecule has 0 radical (unpaired) electrons. The Bertz CT molecular complexity index is 619. The molecule has 1 aliphatic heterocycles. The first-order valence-electron chi connectivity index (χ1n) is 5.40. The molecular weight excluding hydrogens is 297 g/mol. The highest BCUT2D eigenvalue weighted by Crippen LogP contribution is 2.30.